The maximum absolute atomic E-state index is 13.0. The number of hydrogen-bond acceptors (Lipinski definition) is 4. The van der Waals surface area contributed by atoms with Crippen LogP contribution in [0.2, 0.25) is 0 Å². The number of anilines is 1. The summed E-state index contributed by atoms with van der Waals surface area (Å²) < 4.78 is 1.41. The molecule has 0 aliphatic carbocycles. The summed E-state index contributed by atoms with van der Waals surface area (Å²) in [6.45, 7) is 11.0. The molecule has 0 bridgehead atoms. The van der Waals surface area contributed by atoms with E-state index in [0.29, 0.717) is 6.54 Å². The molecule has 0 saturated heterocycles. The average Bonchev–Trinajstić information content (AvgIpc) is 3.00. The lowest BCUT2D eigenvalue weighted by Gasteiger charge is -2.26. The number of rotatable bonds is 5. The van der Waals surface area contributed by atoms with Crippen LogP contribution in [0.4, 0.5) is 5.69 Å². The molecule has 3 aromatic carbocycles. The number of benzene rings is 2. The van der Waals surface area contributed by atoms with Gasteiger partial charge in [-0.15, -0.1) is 0 Å². The topological polar surface area (TPSA) is 60.6 Å². The lowest BCUT2D eigenvalue weighted by atomic mass is 9.82. The molecule has 0 unspecified atom stereocenters. The van der Waals surface area contributed by atoms with Crippen molar-refractivity contribution in [2.24, 2.45) is 0 Å². The molecule has 1 aliphatic rings. The molecule has 4 rings (SSSR count). The fourth-order valence-corrected chi connectivity index (χ4v) is 4.90. The number of likely N-dealkylation sites (N-methyl/N-ethyl adjacent to an activating group) is 1. The maximum Gasteiger partial charge on any atom is 0.384 e. The van der Waals surface area contributed by atoms with E-state index in [0.717, 1.165) is 30.8 Å². The summed E-state index contributed by atoms with van der Waals surface area (Å²) >= 11 is 0. The largest absolute Gasteiger partial charge is 0.502 e. The van der Waals surface area contributed by atoms with Gasteiger partial charge in [0.15, 0.2) is 6.54 Å². The third-order valence-electron chi connectivity index (χ3n) is 6.70. The molecule has 0 saturated carbocycles. The van der Waals surface area contributed by atoms with Crippen molar-refractivity contribution in [1.82, 2.24) is 4.58 Å². The van der Waals surface area contributed by atoms with Gasteiger partial charge in [-0.3, -0.25) is 4.79 Å². The molecule has 5 nitrogen and oxygen atoms in total. The molecule has 5 heteroatoms. The van der Waals surface area contributed by atoms with Crippen molar-refractivity contribution < 1.29 is 9.90 Å². The van der Waals surface area contributed by atoms with Gasteiger partial charge in [0.25, 0.3) is 10.8 Å². The fourth-order valence-electron chi connectivity index (χ4n) is 4.90. The van der Waals surface area contributed by atoms with Crippen LogP contribution in [0, 0.1) is 0 Å². The van der Waals surface area contributed by atoms with Crippen molar-refractivity contribution in [2.75, 3.05) is 18.0 Å². The van der Waals surface area contributed by atoms with E-state index in [1.165, 1.54) is 27.8 Å². The van der Waals surface area contributed by atoms with Gasteiger partial charge >= 0.3 is 5.91 Å². The molecule has 1 N–H and O–H groups in total. The number of amides is 1. The highest BCUT2D eigenvalue weighted by atomic mass is 16.3. The van der Waals surface area contributed by atoms with Crippen molar-refractivity contribution in [2.45, 2.75) is 52.9 Å². The number of unbranched alkanes of at least 4 members (excludes halogenated alkanes) is 1. The number of allylic oxidation sites excluding steroid dienone is 1. The maximum atomic E-state index is 13.0. The van der Waals surface area contributed by atoms with Gasteiger partial charge in [0, 0.05) is 29.5 Å². The summed E-state index contributed by atoms with van der Waals surface area (Å²) in [4.78, 5) is 27.4. The van der Waals surface area contributed by atoms with E-state index >= 15 is 0 Å². The minimum atomic E-state index is -0.332. The Morgan fingerprint density at radius 3 is 2.50 bits per heavy atom. The van der Waals surface area contributed by atoms with Gasteiger partial charge in [-0.2, -0.15) is 4.58 Å². The molecule has 32 heavy (non-hydrogen) atoms. The van der Waals surface area contributed by atoms with Gasteiger partial charge < -0.3 is 10.0 Å². The highest BCUT2D eigenvalue weighted by Crippen LogP contribution is 2.51. The van der Waals surface area contributed by atoms with Crippen LogP contribution in [0.3, 0.4) is 0 Å². The first kappa shape index (κ1) is 22.0. The second-order valence-corrected chi connectivity index (χ2v) is 9.05. The Bertz CT molecular complexity index is 1340. The Morgan fingerprint density at radius 2 is 1.88 bits per heavy atom. The van der Waals surface area contributed by atoms with Crippen LogP contribution in [0.25, 0.3) is 16.8 Å². The van der Waals surface area contributed by atoms with Gasteiger partial charge in [-0.25, -0.2) is 4.79 Å². The van der Waals surface area contributed by atoms with Gasteiger partial charge in [0.1, 0.15) is 0 Å². The SMILES string of the molecule is CCCC[N+](C(C)=O)=c1c(O)c(C=C2N(CC)c3c(ccc4ccccc34)C2(C)C)c1=O. The Balaban J connectivity index is 1.90. The van der Waals surface area contributed by atoms with Crippen LogP contribution in [0.15, 0.2) is 46.9 Å². The van der Waals surface area contributed by atoms with Gasteiger partial charge in [0.2, 0.25) is 5.75 Å². The van der Waals surface area contributed by atoms with E-state index in [2.05, 4.69) is 49.9 Å². The zero-order valence-corrected chi connectivity index (χ0v) is 19.5. The number of carbonyl (C=O) groups excluding carboxylic acids is 1. The van der Waals surface area contributed by atoms with Crippen LogP contribution in [0.5, 0.6) is 5.75 Å². The van der Waals surface area contributed by atoms with Crippen LogP contribution in [-0.4, -0.2) is 24.1 Å². The Kier molecular flexibility index (Phi) is 5.53. The first-order valence-corrected chi connectivity index (χ1v) is 11.4. The number of aromatic hydroxyl groups is 1. The van der Waals surface area contributed by atoms with E-state index in [4.69, 9.17) is 0 Å². The van der Waals surface area contributed by atoms with Crippen molar-refractivity contribution in [3.8, 4) is 5.75 Å². The normalized spacial score (nSPS) is 17.3. The molecule has 3 aromatic rings. The average molecular weight is 432 g/mol. The number of hydrogen-bond donors (Lipinski definition) is 1. The van der Waals surface area contributed by atoms with E-state index in [1.807, 2.05) is 25.1 Å². The molecule has 0 fully saturated rings. The van der Waals surface area contributed by atoms with Crippen molar-refractivity contribution in [3.05, 3.63) is 68.8 Å². The van der Waals surface area contributed by atoms with E-state index < -0.39 is 0 Å². The third-order valence-corrected chi connectivity index (χ3v) is 6.70. The molecule has 0 aromatic heterocycles. The minimum absolute atomic E-state index is 0.0820. The van der Waals surface area contributed by atoms with Crippen LogP contribution < -0.4 is 20.3 Å². The summed E-state index contributed by atoms with van der Waals surface area (Å²) in [5.74, 6) is -0.309. The number of carbonyl (C=O) groups is 1. The molecule has 1 heterocycles. The number of fused-ring (bicyclic) bond motifs is 3. The van der Waals surface area contributed by atoms with Gasteiger partial charge in [0.05, 0.1) is 18.2 Å². The van der Waals surface area contributed by atoms with E-state index in [-0.39, 0.29) is 33.4 Å². The van der Waals surface area contributed by atoms with Crippen molar-refractivity contribution in [3.63, 3.8) is 0 Å². The molecule has 0 spiro atoms. The second-order valence-electron chi connectivity index (χ2n) is 9.05. The van der Waals surface area contributed by atoms with Crippen LogP contribution >= 0.6 is 0 Å². The summed E-state index contributed by atoms with van der Waals surface area (Å²) in [6.07, 6.45) is 3.50. The Morgan fingerprint density at radius 1 is 1.16 bits per heavy atom. The van der Waals surface area contributed by atoms with Crippen LogP contribution in [-0.2, 0) is 10.2 Å². The lowest BCUT2D eigenvalue weighted by molar-refractivity contribution is -0.120. The zero-order valence-electron chi connectivity index (χ0n) is 19.5. The van der Waals surface area contributed by atoms with E-state index in [1.54, 1.807) is 0 Å². The Hall–Kier alpha value is -3.21. The lowest BCUT2D eigenvalue weighted by Crippen LogP contribution is -2.48. The zero-order chi connectivity index (χ0) is 23.2. The first-order valence-electron chi connectivity index (χ1n) is 11.4. The third kappa shape index (κ3) is 3.19. The minimum Gasteiger partial charge on any atom is -0.502 e. The first-order chi connectivity index (χ1) is 15.2. The Labute approximate surface area is 188 Å². The molecular formula is C27H31N2O3+. The highest BCUT2D eigenvalue weighted by Gasteiger charge is 2.41. The van der Waals surface area contributed by atoms with E-state index in [9.17, 15) is 14.7 Å². The molecule has 1 aliphatic heterocycles. The quantitative estimate of drug-likeness (QED) is 0.619. The van der Waals surface area contributed by atoms with Crippen molar-refractivity contribution >= 4 is 28.4 Å². The molecular weight excluding hydrogens is 400 g/mol. The summed E-state index contributed by atoms with van der Waals surface area (Å²) in [5.41, 5.74) is 3.01. The summed E-state index contributed by atoms with van der Waals surface area (Å²) in [7, 11) is 0. The van der Waals surface area contributed by atoms with Crippen LogP contribution in [0.1, 0.15) is 58.6 Å². The second kappa shape index (κ2) is 8.05. The predicted molar refractivity (Wildman–Crippen MR) is 130 cm³/mol. The highest BCUT2D eigenvalue weighted by molar-refractivity contribution is 6.00. The van der Waals surface area contributed by atoms with Gasteiger partial charge in [-0.05, 0) is 23.9 Å². The van der Waals surface area contributed by atoms with Crippen molar-refractivity contribution in [1.29, 1.82) is 0 Å². The number of nitrogens with zero attached hydrogens (tertiary/aromatic N) is 2. The fraction of sp³-hybridized carbons (Fsp3) is 0.370. The smallest absolute Gasteiger partial charge is 0.384 e. The molecule has 1 amide bonds. The summed E-state index contributed by atoms with van der Waals surface area (Å²) in [5, 5.41) is 13.3. The van der Waals surface area contributed by atoms with Gasteiger partial charge in [-0.1, -0.05) is 63.6 Å². The standard InChI is InChI=1S/C27H30N2O3/c1-6-8-15-29(17(3)30)24-25(31)20(26(24)32)16-22-27(4,5)21-14-13-18-11-9-10-12-19(18)23(21)28(22)7-2/h9-14,16H,6-8,15H2,1-5H3/p+1. The predicted octanol–water partition coefficient (Wildman–Crippen LogP) is 4.06. The molecule has 0 radical (unpaired) electrons. The molecule has 166 valence electrons. The summed E-state index contributed by atoms with van der Waals surface area (Å²) in [6, 6.07) is 12.6. The molecule has 0 atom stereocenters. The monoisotopic (exact) mass is 431 g/mol.